The molecule has 17 heteroatoms. The van der Waals surface area contributed by atoms with Crippen molar-refractivity contribution in [3.8, 4) is 23.0 Å². The highest BCUT2D eigenvalue weighted by Crippen LogP contribution is 2.30. The molecule has 0 fully saturated rings. The van der Waals surface area contributed by atoms with Gasteiger partial charge >= 0.3 is 13.0 Å². The van der Waals surface area contributed by atoms with Crippen LogP contribution in [0.2, 0.25) is 0 Å². The fourth-order valence-corrected chi connectivity index (χ4v) is 6.43. The zero-order valence-electron chi connectivity index (χ0n) is 36.5. The zero-order valence-corrected chi connectivity index (χ0v) is 36.5. The molecule has 0 saturated heterocycles. The van der Waals surface area contributed by atoms with Crippen molar-refractivity contribution in [2.75, 3.05) is 14.7 Å². The minimum absolute atomic E-state index is 0.106. The highest BCUT2D eigenvalue weighted by atomic mass is 19.4. The lowest BCUT2D eigenvalue weighted by atomic mass is 10.2. The Balaban J connectivity index is 0.000000181. The summed E-state index contributed by atoms with van der Waals surface area (Å²) in [6.45, 7) is 11.5. The summed E-state index contributed by atoms with van der Waals surface area (Å²) in [4.78, 5) is 27.5. The van der Waals surface area contributed by atoms with Crippen LogP contribution in [0.5, 0.6) is 23.0 Å². The molecule has 64 heavy (non-hydrogen) atoms. The van der Waals surface area contributed by atoms with Crippen molar-refractivity contribution in [3.63, 3.8) is 0 Å². The van der Waals surface area contributed by atoms with E-state index in [1.807, 2.05) is 87.3 Å². The van der Waals surface area contributed by atoms with E-state index in [2.05, 4.69) is 75.2 Å². The van der Waals surface area contributed by atoms with E-state index in [0.717, 1.165) is 46.5 Å². The summed E-state index contributed by atoms with van der Waals surface area (Å²) >= 11 is 0. The number of imidazole rings is 3. The highest BCUT2D eigenvalue weighted by Gasteiger charge is 2.31. The maximum atomic E-state index is 12.3. The molecule has 0 unspecified atom stereocenters. The van der Waals surface area contributed by atoms with Crippen molar-refractivity contribution in [2.45, 2.75) is 92.3 Å². The molecule has 0 aliphatic heterocycles. The first kappa shape index (κ1) is 48.0. The smallest absolute Gasteiger partial charge is 0.457 e. The number of aromatic nitrogens is 6. The second-order valence-electron chi connectivity index (χ2n) is 15.2. The molecule has 12 nitrogen and oxygen atoms in total. The van der Waals surface area contributed by atoms with E-state index in [-0.39, 0.29) is 23.6 Å². The van der Waals surface area contributed by atoms with Crippen LogP contribution >= 0.6 is 0 Å². The summed E-state index contributed by atoms with van der Waals surface area (Å²) in [6.07, 6.45) is 5.49. The predicted molar refractivity (Wildman–Crippen MR) is 239 cm³/mol. The number of H-pyrrole nitrogens is 3. The van der Waals surface area contributed by atoms with E-state index in [1.165, 1.54) is 18.2 Å². The third-order valence-corrected chi connectivity index (χ3v) is 9.44. The first-order valence-corrected chi connectivity index (χ1v) is 20.6. The number of hydrogen-bond donors (Lipinski definition) is 3. The Morgan fingerprint density at radius 1 is 0.500 bits per heavy atom. The SMILES string of the molecule is CC(C)N(Cc1cnc[nH]1)c1cccc(OC(F)(F)F)c1.CC(C)N(Cc1cnc[nH]1)c1cccc(OC(F)F)c1.CC(C)N(Cc1cnc[nH]1)c1cccc(Oc2ccccc2)c1. The number of alkyl halides is 5. The van der Waals surface area contributed by atoms with Gasteiger partial charge in [-0.25, -0.2) is 15.0 Å². The molecule has 7 aromatic rings. The van der Waals surface area contributed by atoms with Crippen LogP contribution in [0.4, 0.5) is 39.0 Å². The van der Waals surface area contributed by atoms with Crippen LogP contribution in [-0.2, 0) is 19.6 Å². The van der Waals surface area contributed by atoms with E-state index in [1.54, 1.807) is 55.6 Å². The van der Waals surface area contributed by atoms with Crippen molar-refractivity contribution in [2.24, 2.45) is 0 Å². The molecule has 0 aliphatic carbocycles. The van der Waals surface area contributed by atoms with Gasteiger partial charge in [0.15, 0.2) is 0 Å². The molecule has 0 amide bonds. The van der Waals surface area contributed by atoms with Gasteiger partial charge in [0.05, 0.1) is 55.7 Å². The lowest BCUT2D eigenvalue weighted by molar-refractivity contribution is -0.274. The van der Waals surface area contributed by atoms with Crippen molar-refractivity contribution in [3.05, 3.63) is 158 Å². The van der Waals surface area contributed by atoms with Crippen LogP contribution < -0.4 is 28.9 Å². The molecule has 0 spiro atoms. The van der Waals surface area contributed by atoms with Gasteiger partial charge in [0.25, 0.3) is 0 Å². The number of nitrogens with zero attached hydrogens (tertiary/aromatic N) is 6. The molecule has 0 atom stereocenters. The maximum absolute atomic E-state index is 12.3. The summed E-state index contributed by atoms with van der Waals surface area (Å²) in [5.74, 6) is 1.61. The maximum Gasteiger partial charge on any atom is 0.573 e. The molecule has 0 radical (unpaired) electrons. The van der Waals surface area contributed by atoms with Crippen molar-refractivity contribution in [1.82, 2.24) is 29.9 Å². The van der Waals surface area contributed by atoms with E-state index in [9.17, 15) is 22.0 Å². The topological polar surface area (TPSA) is 123 Å². The standard InChI is InChI=1S/C19H21N3O.C14H16F3N3O.C14H17F2N3O/c1-15(2)22(13-16-12-20-14-21-16)17-7-6-10-19(11-17)23-18-8-4-3-5-9-18;1-10(2)20(8-11-7-18-9-19-11)12-4-3-5-13(6-12)21-14(15,16)17;1-10(2)19(8-11-7-17-9-18-11)12-4-3-5-13(6-12)20-14(15)16/h3-12,14-15H,13H2,1-2H3,(H,20,21);3-7,9-10H,8H2,1-2H3,(H,18,19);3-7,9-10,14H,8H2,1-2H3,(H,17,18). The Labute approximate surface area is 370 Å². The van der Waals surface area contributed by atoms with Crippen molar-refractivity contribution in [1.29, 1.82) is 0 Å². The van der Waals surface area contributed by atoms with Gasteiger partial charge in [-0.15, -0.1) is 13.2 Å². The van der Waals surface area contributed by atoms with Crippen molar-refractivity contribution >= 4 is 17.1 Å². The van der Waals surface area contributed by atoms with Gasteiger partial charge in [-0.3, -0.25) is 0 Å². The fourth-order valence-electron chi connectivity index (χ4n) is 6.43. The Morgan fingerprint density at radius 3 is 1.25 bits per heavy atom. The van der Waals surface area contributed by atoms with Gasteiger partial charge in [-0.05, 0) is 90.1 Å². The minimum atomic E-state index is -4.69. The van der Waals surface area contributed by atoms with Gasteiger partial charge in [0.1, 0.15) is 23.0 Å². The van der Waals surface area contributed by atoms with E-state index < -0.39 is 13.0 Å². The molecule has 3 N–H and O–H groups in total. The second-order valence-corrected chi connectivity index (χ2v) is 15.2. The first-order chi connectivity index (χ1) is 30.6. The van der Waals surface area contributed by atoms with Crippen LogP contribution in [0.3, 0.4) is 0 Å². The monoisotopic (exact) mass is 887 g/mol. The number of ether oxygens (including phenoxy) is 3. The number of nitrogens with one attached hydrogen (secondary N) is 3. The van der Waals surface area contributed by atoms with Crippen LogP contribution in [0.25, 0.3) is 0 Å². The number of rotatable bonds is 17. The summed E-state index contributed by atoms with van der Waals surface area (Å²) in [5.41, 5.74) is 5.54. The average molecular weight is 888 g/mol. The molecule has 3 heterocycles. The third-order valence-electron chi connectivity index (χ3n) is 9.44. The largest absolute Gasteiger partial charge is 0.573 e. The van der Waals surface area contributed by atoms with Gasteiger partial charge in [0, 0.05) is 72.0 Å². The molecule has 0 aliphatic rings. The second kappa shape index (κ2) is 23.4. The third kappa shape index (κ3) is 15.7. The van der Waals surface area contributed by atoms with Crippen LogP contribution in [0.1, 0.15) is 58.6 Å². The molecule has 340 valence electrons. The number of aromatic amines is 3. The molecular formula is C47H54F5N9O3. The predicted octanol–water partition coefficient (Wildman–Crippen LogP) is 11.8. The Morgan fingerprint density at radius 2 is 0.875 bits per heavy atom. The Bertz CT molecular complexity index is 2340. The number of halogens is 5. The zero-order chi connectivity index (χ0) is 46.1. The Kier molecular flexibility index (Phi) is 17.6. The first-order valence-electron chi connectivity index (χ1n) is 20.6. The summed E-state index contributed by atoms with van der Waals surface area (Å²) in [6, 6.07) is 31.3. The normalized spacial score (nSPS) is 11.2. The van der Waals surface area contributed by atoms with Crippen LogP contribution in [0.15, 0.2) is 141 Å². The number of para-hydroxylation sites is 1. The lowest BCUT2D eigenvalue weighted by Gasteiger charge is -2.28. The van der Waals surface area contributed by atoms with E-state index in [4.69, 9.17) is 4.74 Å². The minimum Gasteiger partial charge on any atom is -0.457 e. The summed E-state index contributed by atoms with van der Waals surface area (Å²) in [5, 5.41) is 0. The summed E-state index contributed by atoms with van der Waals surface area (Å²) in [7, 11) is 0. The quantitative estimate of drug-likeness (QED) is 0.0767. The van der Waals surface area contributed by atoms with Crippen LogP contribution in [0, 0.1) is 0 Å². The Hall–Kier alpha value is -7.04. The molecule has 0 saturated carbocycles. The molecular weight excluding hydrogens is 834 g/mol. The molecule has 0 bridgehead atoms. The van der Waals surface area contributed by atoms with Gasteiger partial charge < -0.3 is 43.9 Å². The number of hydrogen-bond acceptors (Lipinski definition) is 9. The lowest BCUT2D eigenvalue weighted by Crippen LogP contribution is -2.30. The van der Waals surface area contributed by atoms with Crippen LogP contribution in [-0.4, -0.2) is 61.0 Å². The highest BCUT2D eigenvalue weighted by molar-refractivity contribution is 5.54. The number of anilines is 3. The van der Waals surface area contributed by atoms with Gasteiger partial charge in [0.2, 0.25) is 0 Å². The molecule has 3 aromatic heterocycles. The van der Waals surface area contributed by atoms with E-state index in [0.29, 0.717) is 24.8 Å². The number of benzene rings is 4. The summed E-state index contributed by atoms with van der Waals surface area (Å²) < 4.78 is 75.7. The van der Waals surface area contributed by atoms with E-state index >= 15 is 0 Å². The van der Waals surface area contributed by atoms with Crippen molar-refractivity contribution < 1.29 is 36.2 Å². The molecule has 7 rings (SSSR count). The van der Waals surface area contributed by atoms with Gasteiger partial charge in [-0.2, -0.15) is 8.78 Å². The molecule has 4 aromatic carbocycles. The van der Waals surface area contributed by atoms with Gasteiger partial charge in [-0.1, -0.05) is 36.4 Å². The fraction of sp³-hybridized carbons (Fsp3) is 0.298. The average Bonchev–Trinajstić information content (AvgIpc) is 4.07.